The van der Waals surface area contributed by atoms with E-state index in [0.29, 0.717) is 12.3 Å². The first-order chi connectivity index (χ1) is 7.29. The number of aliphatic carboxylic acids is 1. The first-order valence-corrected chi connectivity index (χ1v) is 6.24. The lowest BCUT2D eigenvalue weighted by molar-refractivity contribution is -0.168. The molecular weight excluding hydrogens is 204 g/mol. The standard InChI is InChI=1S/C13H24O3/c1-8(2)11(12(14)15)13(16)7-9(3)5-6-10(13)4/h8-11,16H,5-7H2,1-4H3,(H,14,15). The first kappa shape index (κ1) is 13.5. The van der Waals surface area contributed by atoms with Gasteiger partial charge in [-0.2, -0.15) is 0 Å². The van der Waals surface area contributed by atoms with E-state index in [1.807, 2.05) is 20.8 Å². The average Bonchev–Trinajstić information content (AvgIpc) is 2.10. The first-order valence-electron chi connectivity index (χ1n) is 6.24. The minimum Gasteiger partial charge on any atom is -0.481 e. The molecule has 2 N–H and O–H groups in total. The van der Waals surface area contributed by atoms with Crippen molar-refractivity contribution in [2.24, 2.45) is 23.7 Å². The fourth-order valence-corrected chi connectivity index (χ4v) is 3.16. The van der Waals surface area contributed by atoms with Gasteiger partial charge in [-0.25, -0.2) is 0 Å². The Balaban J connectivity index is 2.98. The maximum absolute atomic E-state index is 11.3. The number of rotatable bonds is 3. The van der Waals surface area contributed by atoms with E-state index in [1.165, 1.54) is 0 Å². The molecule has 0 aromatic heterocycles. The Bertz CT molecular complexity index is 262. The molecule has 0 aromatic rings. The monoisotopic (exact) mass is 228 g/mol. The lowest BCUT2D eigenvalue weighted by Gasteiger charge is -2.45. The predicted molar refractivity (Wildman–Crippen MR) is 63.1 cm³/mol. The number of carbonyl (C=O) groups is 1. The van der Waals surface area contributed by atoms with Crippen LogP contribution in [0.25, 0.3) is 0 Å². The summed E-state index contributed by atoms with van der Waals surface area (Å²) < 4.78 is 0. The summed E-state index contributed by atoms with van der Waals surface area (Å²) in [5, 5.41) is 20.0. The van der Waals surface area contributed by atoms with Crippen molar-refractivity contribution < 1.29 is 15.0 Å². The Morgan fingerprint density at radius 3 is 2.31 bits per heavy atom. The zero-order valence-corrected chi connectivity index (χ0v) is 10.7. The van der Waals surface area contributed by atoms with Gasteiger partial charge in [0, 0.05) is 0 Å². The third kappa shape index (κ3) is 2.40. The molecule has 16 heavy (non-hydrogen) atoms. The second-order valence-corrected chi connectivity index (χ2v) is 5.84. The molecule has 0 saturated heterocycles. The molecule has 1 rings (SSSR count). The molecule has 0 amide bonds. The van der Waals surface area contributed by atoms with Gasteiger partial charge in [0.1, 0.15) is 0 Å². The van der Waals surface area contributed by atoms with Crippen LogP contribution in [-0.4, -0.2) is 21.8 Å². The van der Waals surface area contributed by atoms with Crippen LogP contribution in [0.15, 0.2) is 0 Å². The van der Waals surface area contributed by atoms with Crippen molar-refractivity contribution in [1.82, 2.24) is 0 Å². The normalized spacial score (nSPS) is 37.4. The Morgan fingerprint density at radius 1 is 1.31 bits per heavy atom. The second-order valence-electron chi connectivity index (χ2n) is 5.84. The van der Waals surface area contributed by atoms with Crippen molar-refractivity contribution >= 4 is 5.97 Å². The number of carboxylic acid groups (broad SMARTS) is 1. The van der Waals surface area contributed by atoms with E-state index in [0.717, 1.165) is 12.8 Å². The molecule has 1 aliphatic rings. The number of aliphatic hydroxyl groups is 1. The Morgan fingerprint density at radius 2 is 1.88 bits per heavy atom. The van der Waals surface area contributed by atoms with Gasteiger partial charge in [0.2, 0.25) is 0 Å². The topological polar surface area (TPSA) is 57.5 Å². The van der Waals surface area contributed by atoms with E-state index in [2.05, 4.69) is 6.92 Å². The average molecular weight is 228 g/mol. The minimum atomic E-state index is -1.03. The number of hydrogen-bond acceptors (Lipinski definition) is 2. The molecule has 0 aliphatic heterocycles. The van der Waals surface area contributed by atoms with Gasteiger partial charge in [-0.05, 0) is 30.6 Å². The summed E-state index contributed by atoms with van der Waals surface area (Å²) >= 11 is 0. The molecule has 0 heterocycles. The highest BCUT2D eigenvalue weighted by Crippen LogP contribution is 2.44. The lowest BCUT2D eigenvalue weighted by atomic mass is 9.63. The fraction of sp³-hybridized carbons (Fsp3) is 0.923. The molecule has 0 radical (unpaired) electrons. The molecule has 0 aromatic carbocycles. The van der Waals surface area contributed by atoms with E-state index >= 15 is 0 Å². The summed E-state index contributed by atoms with van der Waals surface area (Å²) in [5.74, 6) is -1.05. The van der Waals surface area contributed by atoms with E-state index < -0.39 is 17.5 Å². The highest BCUT2D eigenvalue weighted by atomic mass is 16.4. The summed E-state index contributed by atoms with van der Waals surface area (Å²) in [6.45, 7) is 7.83. The van der Waals surface area contributed by atoms with Gasteiger partial charge in [-0.3, -0.25) is 4.79 Å². The third-order valence-corrected chi connectivity index (χ3v) is 4.09. The van der Waals surface area contributed by atoms with Gasteiger partial charge in [-0.15, -0.1) is 0 Å². The molecule has 3 heteroatoms. The van der Waals surface area contributed by atoms with Crippen molar-refractivity contribution in [1.29, 1.82) is 0 Å². The van der Waals surface area contributed by atoms with Crippen LogP contribution >= 0.6 is 0 Å². The smallest absolute Gasteiger partial charge is 0.309 e. The molecule has 3 nitrogen and oxygen atoms in total. The minimum absolute atomic E-state index is 0.0322. The maximum Gasteiger partial charge on any atom is 0.309 e. The van der Waals surface area contributed by atoms with Crippen LogP contribution in [0, 0.1) is 23.7 Å². The Hall–Kier alpha value is -0.570. The van der Waals surface area contributed by atoms with E-state index in [-0.39, 0.29) is 11.8 Å². The van der Waals surface area contributed by atoms with E-state index in [4.69, 9.17) is 0 Å². The molecule has 1 saturated carbocycles. The zero-order chi connectivity index (χ0) is 12.5. The predicted octanol–water partition coefficient (Wildman–Crippen LogP) is 2.53. The summed E-state index contributed by atoms with van der Waals surface area (Å²) in [7, 11) is 0. The van der Waals surface area contributed by atoms with Gasteiger partial charge >= 0.3 is 5.97 Å². The van der Waals surface area contributed by atoms with Gasteiger partial charge in [-0.1, -0.05) is 34.1 Å². The van der Waals surface area contributed by atoms with Crippen LogP contribution in [0.4, 0.5) is 0 Å². The van der Waals surface area contributed by atoms with Gasteiger partial charge < -0.3 is 10.2 Å². The molecule has 0 spiro atoms. The number of hydrogen-bond donors (Lipinski definition) is 2. The highest BCUT2D eigenvalue weighted by Gasteiger charge is 2.49. The van der Waals surface area contributed by atoms with Crippen LogP contribution in [0.1, 0.15) is 47.0 Å². The number of carboxylic acids is 1. The zero-order valence-electron chi connectivity index (χ0n) is 10.7. The van der Waals surface area contributed by atoms with Crippen molar-refractivity contribution in [2.75, 3.05) is 0 Å². The molecular formula is C13H24O3. The van der Waals surface area contributed by atoms with Gasteiger partial charge in [0.05, 0.1) is 11.5 Å². The van der Waals surface area contributed by atoms with Crippen LogP contribution in [0.5, 0.6) is 0 Å². The summed E-state index contributed by atoms with van der Waals surface area (Å²) in [4.78, 5) is 11.3. The summed E-state index contributed by atoms with van der Waals surface area (Å²) in [6, 6.07) is 0. The molecule has 4 unspecified atom stereocenters. The lowest BCUT2D eigenvalue weighted by Crippen LogP contribution is -2.52. The van der Waals surface area contributed by atoms with Gasteiger partial charge in [0.15, 0.2) is 0 Å². The largest absolute Gasteiger partial charge is 0.481 e. The summed E-state index contributed by atoms with van der Waals surface area (Å²) in [6.07, 6.45) is 2.63. The Labute approximate surface area is 97.9 Å². The van der Waals surface area contributed by atoms with Crippen LogP contribution in [0.3, 0.4) is 0 Å². The summed E-state index contributed by atoms with van der Waals surface area (Å²) in [5.41, 5.74) is -1.03. The van der Waals surface area contributed by atoms with Crippen LogP contribution < -0.4 is 0 Å². The molecule has 4 atom stereocenters. The van der Waals surface area contributed by atoms with Crippen LogP contribution in [-0.2, 0) is 4.79 Å². The van der Waals surface area contributed by atoms with Crippen molar-refractivity contribution in [3.05, 3.63) is 0 Å². The molecule has 94 valence electrons. The third-order valence-electron chi connectivity index (χ3n) is 4.09. The van der Waals surface area contributed by atoms with Crippen LogP contribution in [0.2, 0.25) is 0 Å². The van der Waals surface area contributed by atoms with E-state index in [1.54, 1.807) is 0 Å². The maximum atomic E-state index is 11.3. The fourth-order valence-electron chi connectivity index (χ4n) is 3.16. The highest BCUT2D eigenvalue weighted by molar-refractivity contribution is 5.72. The van der Waals surface area contributed by atoms with Crippen molar-refractivity contribution in [3.63, 3.8) is 0 Å². The van der Waals surface area contributed by atoms with E-state index in [9.17, 15) is 15.0 Å². The molecule has 1 aliphatic carbocycles. The quantitative estimate of drug-likeness (QED) is 0.780. The molecule has 0 bridgehead atoms. The van der Waals surface area contributed by atoms with Gasteiger partial charge in [0.25, 0.3) is 0 Å². The molecule has 1 fully saturated rings. The van der Waals surface area contributed by atoms with Crippen molar-refractivity contribution in [3.8, 4) is 0 Å². The Kier molecular flexibility index (Phi) is 4.00. The SMILES string of the molecule is CC1CCC(C)C(O)(C(C(=O)O)C(C)C)C1. The van der Waals surface area contributed by atoms with Crippen molar-refractivity contribution in [2.45, 2.75) is 52.6 Å². The second kappa shape index (κ2) is 4.74.